The third-order valence-corrected chi connectivity index (χ3v) is 7.56. The molecule has 0 saturated heterocycles. The zero-order valence-corrected chi connectivity index (χ0v) is 20.5. The highest BCUT2D eigenvalue weighted by Gasteiger charge is 2.36. The maximum atomic E-state index is 13.8. The summed E-state index contributed by atoms with van der Waals surface area (Å²) in [7, 11) is 1.59. The SMILES string of the molecule is CCOC(=O)C1=C(C)N=c2s/c(=C\c3cccs3)c(=O)n2[C@@H]1c1c(OC)ccc2ccccc12. The Morgan fingerprint density at radius 3 is 2.74 bits per heavy atom. The molecular formula is C26H22N2O4S2. The number of carbonyl (C=O) groups excluding carboxylic acids is 1. The summed E-state index contributed by atoms with van der Waals surface area (Å²) in [6.45, 7) is 3.77. The van der Waals surface area contributed by atoms with Crippen LogP contribution in [0.25, 0.3) is 16.8 Å². The zero-order chi connectivity index (χ0) is 23.8. The van der Waals surface area contributed by atoms with Gasteiger partial charge in [0, 0.05) is 10.4 Å². The van der Waals surface area contributed by atoms with E-state index in [1.165, 1.54) is 11.3 Å². The lowest BCUT2D eigenvalue weighted by molar-refractivity contribution is -0.139. The van der Waals surface area contributed by atoms with Crippen molar-refractivity contribution in [3.05, 3.63) is 95.3 Å². The molecule has 4 aromatic rings. The predicted octanol–water partition coefficient (Wildman–Crippen LogP) is 4.02. The van der Waals surface area contributed by atoms with Gasteiger partial charge >= 0.3 is 5.97 Å². The van der Waals surface area contributed by atoms with Crippen molar-refractivity contribution >= 4 is 45.5 Å². The summed E-state index contributed by atoms with van der Waals surface area (Å²) in [4.78, 5) is 33.1. The molecule has 0 aliphatic carbocycles. The van der Waals surface area contributed by atoms with Crippen molar-refractivity contribution < 1.29 is 14.3 Å². The molecule has 0 saturated carbocycles. The second-order valence-electron chi connectivity index (χ2n) is 7.72. The molecule has 1 aliphatic heterocycles. The van der Waals surface area contributed by atoms with Gasteiger partial charge in [0.1, 0.15) is 11.8 Å². The van der Waals surface area contributed by atoms with Gasteiger partial charge in [-0.25, -0.2) is 9.79 Å². The van der Waals surface area contributed by atoms with Crippen LogP contribution in [0.1, 0.15) is 30.3 Å². The van der Waals surface area contributed by atoms with Crippen molar-refractivity contribution in [1.82, 2.24) is 4.57 Å². The standard InChI is InChI=1S/C26H22N2O4S2/c1-4-32-25(30)21-15(2)27-26-28(24(29)20(34-26)14-17-9-7-13-33-17)23(21)22-18-10-6-5-8-16(18)11-12-19(22)31-3/h5-14,23H,4H2,1-3H3/b20-14-/t23-/m0/s1. The molecule has 0 N–H and O–H groups in total. The van der Waals surface area contributed by atoms with Gasteiger partial charge in [-0.2, -0.15) is 0 Å². The molecule has 0 bridgehead atoms. The minimum Gasteiger partial charge on any atom is -0.496 e. The number of fused-ring (bicyclic) bond motifs is 2. The monoisotopic (exact) mass is 490 g/mol. The van der Waals surface area contributed by atoms with Crippen LogP contribution in [0, 0.1) is 0 Å². The molecule has 172 valence electrons. The Labute approximate surface area is 203 Å². The highest BCUT2D eigenvalue weighted by atomic mass is 32.1. The summed E-state index contributed by atoms with van der Waals surface area (Å²) < 4.78 is 13.3. The first-order valence-electron chi connectivity index (χ1n) is 10.8. The maximum absolute atomic E-state index is 13.8. The van der Waals surface area contributed by atoms with E-state index in [-0.39, 0.29) is 12.2 Å². The molecule has 2 aromatic carbocycles. The van der Waals surface area contributed by atoms with Gasteiger partial charge in [-0.3, -0.25) is 9.36 Å². The van der Waals surface area contributed by atoms with Crippen molar-refractivity contribution in [1.29, 1.82) is 0 Å². The molecule has 34 heavy (non-hydrogen) atoms. The van der Waals surface area contributed by atoms with Crippen molar-refractivity contribution in [2.45, 2.75) is 19.9 Å². The third-order valence-electron chi connectivity index (χ3n) is 5.76. The van der Waals surface area contributed by atoms with Gasteiger partial charge in [-0.15, -0.1) is 11.3 Å². The maximum Gasteiger partial charge on any atom is 0.338 e. The molecule has 0 amide bonds. The number of rotatable bonds is 5. The second-order valence-corrected chi connectivity index (χ2v) is 9.71. The lowest BCUT2D eigenvalue weighted by atomic mass is 9.90. The van der Waals surface area contributed by atoms with Crippen molar-refractivity contribution in [2.75, 3.05) is 13.7 Å². The van der Waals surface area contributed by atoms with Gasteiger partial charge in [0.25, 0.3) is 5.56 Å². The van der Waals surface area contributed by atoms with E-state index >= 15 is 0 Å². The smallest absolute Gasteiger partial charge is 0.338 e. The number of thiazole rings is 1. The molecule has 6 nitrogen and oxygen atoms in total. The third kappa shape index (κ3) is 3.69. The lowest BCUT2D eigenvalue weighted by Crippen LogP contribution is -2.40. The second kappa shape index (κ2) is 9.04. The van der Waals surface area contributed by atoms with Crippen LogP contribution < -0.4 is 19.6 Å². The van der Waals surface area contributed by atoms with Crippen LogP contribution in [-0.2, 0) is 9.53 Å². The van der Waals surface area contributed by atoms with Crippen molar-refractivity contribution in [2.24, 2.45) is 4.99 Å². The van der Waals surface area contributed by atoms with Crippen LogP contribution in [0.15, 0.2) is 75.0 Å². The fourth-order valence-electron chi connectivity index (χ4n) is 4.30. The Kier molecular flexibility index (Phi) is 5.93. The largest absolute Gasteiger partial charge is 0.496 e. The topological polar surface area (TPSA) is 69.9 Å². The molecule has 0 spiro atoms. The Balaban J connectivity index is 1.87. The van der Waals surface area contributed by atoms with Gasteiger partial charge in [-0.1, -0.05) is 47.7 Å². The number of thiophene rings is 1. The number of hydrogen-bond donors (Lipinski definition) is 0. The van der Waals surface area contributed by atoms with E-state index in [0.29, 0.717) is 26.4 Å². The van der Waals surface area contributed by atoms with Crippen LogP contribution in [0.4, 0.5) is 0 Å². The summed E-state index contributed by atoms with van der Waals surface area (Å²) >= 11 is 2.87. The van der Waals surface area contributed by atoms with Gasteiger partial charge in [-0.05, 0) is 48.2 Å². The number of hydrogen-bond acceptors (Lipinski definition) is 7. The number of ether oxygens (including phenoxy) is 2. The van der Waals surface area contributed by atoms with Gasteiger partial charge in [0.15, 0.2) is 4.80 Å². The molecular weight excluding hydrogens is 468 g/mol. The van der Waals surface area contributed by atoms with E-state index in [9.17, 15) is 9.59 Å². The van der Waals surface area contributed by atoms with Crippen LogP contribution >= 0.6 is 22.7 Å². The minimum absolute atomic E-state index is 0.202. The van der Waals surface area contributed by atoms with Crippen LogP contribution in [-0.4, -0.2) is 24.3 Å². The van der Waals surface area contributed by atoms with E-state index in [2.05, 4.69) is 4.99 Å². The average Bonchev–Trinajstić information content (AvgIpc) is 3.45. The Morgan fingerprint density at radius 2 is 2.00 bits per heavy atom. The molecule has 1 atom stereocenters. The number of benzene rings is 2. The first-order chi connectivity index (χ1) is 16.5. The van der Waals surface area contributed by atoms with Gasteiger partial charge in [0.05, 0.1) is 29.5 Å². The van der Waals surface area contributed by atoms with Gasteiger partial charge in [0.2, 0.25) is 0 Å². The highest BCUT2D eigenvalue weighted by molar-refractivity contribution is 7.11. The lowest BCUT2D eigenvalue weighted by Gasteiger charge is -2.27. The van der Waals surface area contributed by atoms with Gasteiger partial charge < -0.3 is 9.47 Å². The number of allylic oxidation sites excluding steroid dienone is 1. The number of esters is 1. The highest BCUT2D eigenvalue weighted by Crippen LogP contribution is 2.40. The molecule has 8 heteroatoms. The zero-order valence-electron chi connectivity index (χ0n) is 18.9. The molecule has 2 aromatic heterocycles. The van der Waals surface area contributed by atoms with E-state index in [1.54, 1.807) is 36.9 Å². The normalized spacial score (nSPS) is 15.9. The first-order valence-corrected chi connectivity index (χ1v) is 12.5. The number of carbonyl (C=O) groups is 1. The first kappa shape index (κ1) is 22.3. The fourth-order valence-corrected chi connectivity index (χ4v) is 6.07. The van der Waals surface area contributed by atoms with E-state index in [0.717, 1.165) is 21.2 Å². The quantitative estimate of drug-likeness (QED) is 0.396. The summed E-state index contributed by atoms with van der Waals surface area (Å²) in [5.74, 6) is 0.101. The van der Waals surface area contributed by atoms with E-state index in [1.807, 2.05) is 60.0 Å². The summed E-state index contributed by atoms with van der Waals surface area (Å²) in [6.07, 6.45) is 1.87. The molecule has 1 aliphatic rings. The number of methoxy groups -OCH3 is 1. The number of aromatic nitrogens is 1. The molecule has 0 fully saturated rings. The molecule has 0 unspecified atom stereocenters. The summed E-state index contributed by atoms with van der Waals surface area (Å²) in [6, 6.07) is 14.9. The van der Waals surface area contributed by atoms with Crippen LogP contribution in [0.2, 0.25) is 0 Å². The average molecular weight is 491 g/mol. The van der Waals surface area contributed by atoms with Crippen molar-refractivity contribution in [3.8, 4) is 5.75 Å². The Hall–Kier alpha value is -3.49. The predicted molar refractivity (Wildman–Crippen MR) is 135 cm³/mol. The van der Waals surface area contributed by atoms with Crippen LogP contribution in [0.3, 0.4) is 0 Å². The summed E-state index contributed by atoms with van der Waals surface area (Å²) in [5, 5.41) is 3.85. The number of nitrogens with zero attached hydrogens (tertiary/aromatic N) is 2. The molecule has 0 radical (unpaired) electrons. The van der Waals surface area contributed by atoms with E-state index < -0.39 is 12.0 Å². The summed E-state index contributed by atoms with van der Waals surface area (Å²) in [5.41, 5.74) is 1.40. The fraction of sp³-hybridized carbons (Fsp3) is 0.192. The van der Waals surface area contributed by atoms with E-state index in [4.69, 9.17) is 9.47 Å². The Morgan fingerprint density at radius 1 is 1.18 bits per heavy atom. The molecule has 3 heterocycles. The molecule has 5 rings (SSSR count). The minimum atomic E-state index is -0.734. The van der Waals surface area contributed by atoms with Crippen LogP contribution in [0.5, 0.6) is 5.75 Å². The van der Waals surface area contributed by atoms with Crippen molar-refractivity contribution in [3.63, 3.8) is 0 Å². The Bertz CT molecular complexity index is 1610.